The number of hydrogen-bond acceptors (Lipinski definition) is 6. The zero-order valence-corrected chi connectivity index (χ0v) is 24.5. The first kappa shape index (κ1) is 28.5. The zero-order valence-electron chi connectivity index (χ0n) is 23.8. The molecular formula is C30H33ClFN7O2. The number of carbonyl (C=O) groups is 1. The highest BCUT2D eigenvalue weighted by molar-refractivity contribution is 6.33. The second-order valence-electron chi connectivity index (χ2n) is 10.9. The molecule has 3 aromatic heterocycles. The third kappa shape index (κ3) is 5.01. The van der Waals surface area contributed by atoms with Crippen LogP contribution < -0.4 is 10.6 Å². The summed E-state index contributed by atoms with van der Waals surface area (Å²) in [6, 6.07) is 7.80. The van der Waals surface area contributed by atoms with E-state index in [0.717, 1.165) is 5.69 Å². The van der Waals surface area contributed by atoms with Crippen LogP contribution >= 0.6 is 11.6 Å². The smallest absolute Gasteiger partial charge is 0.350 e. The van der Waals surface area contributed by atoms with E-state index in [9.17, 15) is 14.0 Å². The molecule has 214 valence electrons. The molecule has 1 aromatic carbocycles. The van der Waals surface area contributed by atoms with Gasteiger partial charge in [-0.2, -0.15) is 10.1 Å². The van der Waals surface area contributed by atoms with Gasteiger partial charge in [0.2, 0.25) is 5.91 Å². The van der Waals surface area contributed by atoms with E-state index in [4.69, 9.17) is 16.6 Å². The summed E-state index contributed by atoms with van der Waals surface area (Å²) in [6.07, 6.45) is 1.30. The molecule has 0 spiro atoms. The highest BCUT2D eigenvalue weighted by atomic mass is 35.5. The molecule has 1 atom stereocenters. The van der Waals surface area contributed by atoms with Crippen molar-refractivity contribution >= 4 is 34.4 Å². The van der Waals surface area contributed by atoms with Crippen LogP contribution in [0.25, 0.3) is 28.0 Å². The number of nitrogens with one attached hydrogen (secondary N) is 1. The number of fused-ring (bicyclic) bond motifs is 1. The summed E-state index contributed by atoms with van der Waals surface area (Å²) < 4.78 is 16.4. The molecule has 4 heterocycles. The molecule has 0 aliphatic carbocycles. The first-order chi connectivity index (χ1) is 19.5. The maximum Gasteiger partial charge on any atom is 0.355 e. The van der Waals surface area contributed by atoms with Crippen LogP contribution in [0.15, 0.2) is 47.8 Å². The van der Waals surface area contributed by atoms with Crippen LogP contribution in [0.1, 0.15) is 57.8 Å². The van der Waals surface area contributed by atoms with Crippen LogP contribution in [0.2, 0.25) is 5.02 Å². The van der Waals surface area contributed by atoms with Crippen molar-refractivity contribution in [2.24, 2.45) is 0 Å². The van der Waals surface area contributed by atoms with Gasteiger partial charge in [0.25, 0.3) is 0 Å². The summed E-state index contributed by atoms with van der Waals surface area (Å²) >= 11 is 6.78. The maximum atomic E-state index is 15.0. The fourth-order valence-corrected chi connectivity index (χ4v) is 5.63. The quantitative estimate of drug-likeness (QED) is 0.307. The molecule has 1 N–H and O–H groups in total. The largest absolute Gasteiger partial charge is 0.355 e. The van der Waals surface area contributed by atoms with Crippen molar-refractivity contribution in [2.45, 2.75) is 52.5 Å². The molecule has 1 aliphatic heterocycles. The summed E-state index contributed by atoms with van der Waals surface area (Å²) in [6.45, 7) is 14.9. The Labute approximate surface area is 242 Å². The van der Waals surface area contributed by atoms with Gasteiger partial charge in [0.1, 0.15) is 11.6 Å². The number of halogens is 2. The Balaban J connectivity index is 1.82. The van der Waals surface area contributed by atoms with Gasteiger partial charge < -0.3 is 9.80 Å². The predicted octanol–water partition coefficient (Wildman–Crippen LogP) is 5.43. The van der Waals surface area contributed by atoms with Crippen molar-refractivity contribution in [3.8, 4) is 16.9 Å². The first-order valence-electron chi connectivity index (χ1n) is 13.7. The summed E-state index contributed by atoms with van der Waals surface area (Å²) in [5.74, 6) is -0.208. The molecule has 0 unspecified atom stereocenters. The molecule has 1 saturated heterocycles. The van der Waals surface area contributed by atoms with Crippen LogP contribution in [0.4, 0.5) is 10.2 Å². The Kier molecular flexibility index (Phi) is 7.70. The van der Waals surface area contributed by atoms with Gasteiger partial charge in [0.15, 0.2) is 5.65 Å². The Bertz CT molecular complexity index is 1690. The van der Waals surface area contributed by atoms with E-state index in [1.807, 2.05) is 39.5 Å². The number of rotatable bonds is 6. The van der Waals surface area contributed by atoms with Gasteiger partial charge in [-0.3, -0.25) is 9.89 Å². The number of carbonyl (C=O) groups excluding carboxylic acids is 1. The van der Waals surface area contributed by atoms with E-state index >= 15 is 0 Å². The van der Waals surface area contributed by atoms with E-state index in [1.165, 1.54) is 16.7 Å². The Morgan fingerprint density at radius 1 is 1.17 bits per heavy atom. The van der Waals surface area contributed by atoms with Crippen LogP contribution in [-0.4, -0.2) is 61.2 Å². The molecule has 1 amide bonds. The lowest BCUT2D eigenvalue weighted by molar-refractivity contribution is -0.126. The predicted molar refractivity (Wildman–Crippen MR) is 159 cm³/mol. The van der Waals surface area contributed by atoms with E-state index < -0.39 is 11.5 Å². The van der Waals surface area contributed by atoms with Crippen molar-refractivity contribution in [1.29, 1.82) is 0 Å². The number of anilines is 1. The number of piperazine rings is 1. The second kappa shape index (κ2) is 11.1. The number of hydrogen-bond donors (Lipinski definition) is 1. The van der Waals surface area contributed by atoms with Gasteiger partial charge >= 0.3 is 5.69 Å². The van der Waals surface area contributed by atoms with Gasteiger partial charge in [-0.05, 0) is 43.0 Å². The average molecular weight is 578 g/mol. The molecule has 41 heavy (non-hydrogen) atoms. The number of aromatic amines is 1. The average Bonchev–Trinajstić information content (AvgIpc) is 3.38. The van der Waals surface area contributed by atoms with Crippen LogP contribution in [0, 0.1) is 5.82 Å². The van der Waals surface area contributed by atoms with Crippen molar-refractivity contribution in [3.05, 3.63) is 75.7 Å². The number of aromatic nitrogens is 5. The molecule has 1 aliphatic rings. The molecule has 0 radical (unpaired) electrons. The minimum atomic E-state index is -0.538. The van der Waals surface area contributed by atoms with Crippen LogP contribution in [0.5, 0.6) is 0 Å². The van der Waals surface area contributed by atoms with Crippen LogP contribution in [-0.2, 0) is 4.79 Å². The third-order valence-corrected chi connectivity index (χ3v) is 7.75. The molecule has 0 saturated carbocycles. The van der Waals surface area contributed by atoms with Crippen LogP contribution in [0.3, 0.4) is 0 Å². The van der Waals surface area contributed by atoms with E-state index in [2.05, 4.69) is 21.8 Å². The third-order valence-electron chi connectivity index (χ3n) is 7.46. The summed E-state index contributed by atoms with van der Waals surface area (Å²) in [5.41, 5.74) is 2.25. The lowest BCUT2D eigenvalue weighted by atomic mass is 10.0. The normalized spacial score (nSPS) is 15.8. The Morgan fingerprint density at radius 2 is 1.90 bits per heavy atom. The van der Waals surface area contributed by atoms with Crippen molar-refractivity contribution in [1.82, 2.24) is 29.6 Å². The number of nitrogens with zero attached hydrogens (tertiary/aromatic N) is 6. The topological polar surface area (TPSA) is 100 Å². The maximum absolute atomic E-state index is 15.0. The molecule has 1 fully saturated rings. The summed E-state index contributed by atoms with van der Waals surface area (Å²) in [5, 5.41) is 8.42. The van der Waals surface area contributed by atoms with E-state index in [0.29, 0.717) is 47.9 Å². The Hall–Kier alpha value is -4.05. The minimum Gasteiger partial charge on any atom is -0.350 e. The molecule has 11 heteroatoms. The van der Waals surface area contributed by atoms with Gasteiger partial charge in [-0.1, -0.05) is 58.0 Å². The molecular weight excluding hydrogens is 545 g/mol. The monoisotopic (exact) mass is 577 g/mol. The molecule has 4 aromatic rings. The molecule has 9 nitrogen and oxygen atoms in total. The fourth-order valence-electron chi connectivity index (χ4n) is 5.37. The second-order valence-corrected chi connectivity index (χ2v) is 11.3. The van der Waals surface area contributed by atoms with Crippen molar-refractivity contribution < 1.29 is 9.18 Å². The standard InChI is InChI=1S/C30H33ClFN7O2/c1-7-23(40)37-12-13-38(18(6)15-37)28-20-14-21(31)26(19-10-8-9-11-22(19)32)33-29(20)39(30(41)34-28)27-24(16(2)3)35-36-25(27)17(4)5/h7-11,14,16-18H,1,12-13,15H2,2-6H3,(H,35,36)/t18-/m0/s1. The summed E-state index contributed by atoms with van der Waals surface area (Å²) in [4.78, 5) is 39.4. The Morgan fingerprint density at radius 3 is 2.54 bits per heavy atom. The lowest BCUT2D eigenvalue weighted by Gasteiger charge is -2.40. The zero-order chi connectivity index (χ0) is 29.6. The first-order valence-corrected chi connectivity index (χ1v) is 14.1. The van der Waals surface area contributed by atoms with E-state index in [-0.39, 0.29) is 40.1 Å². The number of pyridine rings is 1. The molecule has 5 rings (SSSR count). The van der Waals surface area contributed by atoms with E-state index in [1.54, 1.807) is 29.2 Å². The van der Waals surface area contributed by atoms with Crippen molar-refractivity contribution in [2.75, 3.05) is 24.5 Å². The number of H-pyrrole nitrogens is 1. The van der Waals surface area contributed by atoms with Gasteiger partial charge in [-0.15, -0.1) is 0 Å². The van der Waals surface area contributed by atoms with Gasteiger partial charge in [-0.25, -0.2) is 18.7 Å². The highest BCUT2D eigenvalue weighted by Crippen LogP contribution is 2.37. The van der Waals surface area contributed by atoms with Gasteiger partial charge in [0.05, 0.1) is 33.2 Å². The number of benzene rings is 1. The fraction of sp³-hybridized carbons (Fsp3) is 0.367. The van der Waals surface area contributed by atoms with Crippen molar-refractivity contribution in [3.63, 3.8) is 0 Å². The summed E-state index contributed by atoms with van der Waals surface area (Å²) in [7, 11) is 0. The SMILES string of the molecule is C=CC(=O)N1CCN(c2nc(=O)n(-c3c(C(C)C)n[nH]c3C(C)C)c3nc(-c4ccccc4F)c(Cl)cc23)[C@@H](C)C1. The van der Waals surface area contributed by atoms with Gasteiger partial charge in [0, 0.05) is 31.2 Å². The highest BCUT2D eigenvalue weighted by Gasteiger charge is 2.31. The lowest BCUT2D eigenvalue weighted by Crippen LogP contribution is -2.54. The molecule has 0 bridgehead atoms. The number of amides is 1. The minimum absolute atomic E-state index is 0.00999.